The first-order chi connectivity index (χ1) is 6.87. The molecule has 80 valence electrons. The molecule has 0 unspecified atom stereocenters. The Morgan fingerprint density at radius 3 is 2.64 bits per heavy atom. The Morgan fingerprint density at radius 2 is 2.14 bits per heavy atom. The standard InChI is InChI=1S/C13H23N/c1-2-14-11-13(9-6-10-13)12-7-4-3-5-8-12/h7,14H,2-6,8-11H2,1H3. The Labute approximate surface area is 88.0 Å². The topological polar surface area (TPSA) is 12.0 Å². The normalized spacial score (nSPS) is 25.4. The molecule has 2 aliphatic rings. The van der Waals surface area contributed by atoms with Crippen molar-refractivity contribution in [2.45, 2.75) is 51.9 Å². The van der Waals surface area contributed by atoms with Gasteiger partial charge in [-0.3, -0.25) is 0 Å². The van der Waals surface area contributed by atoms with Crippen molar-refractivity contribution in [1.29, 1.82) is 0 Å². The maximum absolute atomic E-state index is 3.55. The van der Waals surface area contributed by atoms with Crippen LogP contribution in [0.1, 0.15) is 51.9 Å². The van der Waals surface area contributed by atoms with E-state index >= 15 is 0 Å². The fraction of sp³-hybridized carbons (Fsp3) is 0.846. The molecule has 0 bridgehead atoms. The first kappa shape index (κ1) is 10.2. The Balaban J connectivity index is 1.99. The number of nitrogens with one attached hydrogen (secondary N) is 1. The molecule has 0 spiro atoms. The highest BCUT2D eigenvalue weighted by Gasteiger charge is 2.39. The van der Waals surface area contributed by atoms with Crippen LogP contribution < -0.4 is 5.32 Å². The van der Waals surface area contributed by atoms with E-state index in [-0.39, 0.29) is 0 Å². The van der Waals surface area contributed by atoms with E-state index in [9.17, 15) is 0 Å². The van der Waals surface area contributed by atoms with E-state index in [1.165, 1.54) is 51.5 Å². The van der Waals surface area contributed by atoms with E-state index in [4.69, 9.17) is 0 Å². The van der Waals surface area contributed by atoms with E-state index in [1.807, 2.05) is 0 Å². The van der Waals surface area contributed by atoms with Crippen LogP contribution in [0.2, 0.25) is 0 Å². The number of hydrogen-bond donors (Lipinski definition) is 1. The fourth-order valence-electron chi connectivity index (χ4n) is 2.90. The van der Waals surface area contributed by atoms with Gasteiger partial charge in [0, 0.05) is 12.0 Å². The van der Waals surface area contributed by atoms with Gasteiger partial charge >= 0.3 is 0 Å². The molecular weight excluding hydrogens is 170 g/mol. The van der Waals surface area contributed by atoms with E-state index in [2.05, 4.69) is 18.3 Å². The van der Waals surface area contributed by atoms with Crippen molar-refractivity contribution >= 4 is 0 Å². The molecule has 0 heterocycles. The second-order valence-electron chi connectivity index (χ2n) is 4.89. The lowest BCUT2D eigenvalue weighted by molar-refractivity contribution is 0.172. The van der Waals surface area contributed by atoms with Crippen LogP contribution in [-0.2, 0) is 0 Å². The van der Waals surface area contributed by atoms with E-state index in [0.29, 0.717) is 5.41 Å². The summed E-state index contributed by atoms with van der Waals surface area (Å²) in [5.41, 5.74) is 2.38. The molecule has 0 amide bonds. The van der Waals surface area contributed by atoms with Gasteiger partial charge in [0.05, 0.1) is 0 Å². The predicted molar refractivity (Wildman–Crippen MR) is 61.4 cm³/mol. The summed E-state index contributed by atoms with van der Waals surface area (Å²) in [6.45, 7) is 4.56. The average molecular weight is 193 g/mol. The van der Waals surface area contributed by atoms with Gasteiger partial charge in [-0.05, 0) is 45.1 Å². The van der Waals surface area contributed by atoms with Gasteiger partial charge < -0.3 is 5.32 Å². The summed E-state index contributed by atoms with van der Waals surface area (Å²) in [5, 5.41) is 3.55. The molecule has 0 radical (unpaired) electrons. The summed E-state index contributed by atoms with van der Waals surface area (Å²) in [6.07, 6.45) is 12.4. The molecule has 0 aromatic rings. The Bertz CT molecular complexity index is 213. The van der Waals surface area contributed by atoms with Crippen LogP contribution in [0.4, 0.5) is 0 Å². The van der Waals surface area contributed by atoms with Crippen LogP contribution in [-0.4, -0.2) is 13.1 Å². The van der Waals surface area contributed by atoms with Crippen LogP contribution in [0.5, 0.6) is 0 Å². The monoisotopic (exact) mass is 193 g/mol. The third kappa shape index (κ3) is 1.88. The highest BCUT2D eigenvalue weighted by Crippen LogP contribution is 2.49. The molecule has 1 saturated carbocycles. The Hall–Kier alpha value is -0.300. The van der Waals surface area contributed by atoms with E-state index in [1.54, 1.807) is 5.57 Å². The zero-order valence-electron chi connectivity index (χ0n) is 9.44. The van der Waals surface area contributed by atoms with Crippen LogP contribution >= 0.6 is 0 Å². The minimum atomic E-state index is 0.594. The zero-order chi connectivity index (χ0) is 9.86. The molecule has 2 rings (SSSR count). The molecule has 1 heteroatoms. The summed E-state index contributed by atoms with van der Waals surface area (Å²) >= 11 is 0. The molecule has 1 N–H and O–H groups in total. The van der Waals surface area contributed by atoms with E-state index < -0.39 is 0 Å². The summed E-state index contributed by atoms with van der Waals surface area (Å²) in [4.78, 5) is 0. The summed E-state index contributed by atoms with van der Waals surface area (Å²) in [5.74, 6) is 0. The summed E-state index contributed by atoms with van der Waals surface area (Å²) in [6, 6.07) is 0. The van der Waals surface area contributed by atoms with E-state index in [0.717, 1.165) is 6.54 Å². The summed E-state index contributed by atoms with van der Waals surface area (Å²) < 4.78 is 0. The van der Waals surface area contributed by atoms with Gasteiger partial charge in [-0.2, -0.15) is 0 Å². The van der Waals surface area contributed by atoms with Crippen LogP contribution in [0.3, 0.4) is 0 Å². The van der Waals surface area contributed by atoms with Crippen LogP contribution in [0.15, 0.2) is 11.6 Å². The third-order valence-corrected chi connectivity index (χ3v) is 4.00. The second-order valence-corrected chi connectivity index (χ2v) is 4.89. The first-order valence-corrected chi connectivity index (χ1v) is 6.28. The van der Waals surface area contributed by atoms with Gasteiger partial charge in [0.25, 0.3) is 0 Å². The first-order valence-electron chi connectivity index (χ1n) is 6.28. The van der Waals surface area contributed by atoms with Crippen molar-refractivity contribution < 1.29 is 0 Å². The molecule has 0 aromatic carbocycles. The molecular formula is C13H23N. The number of hydrogen-bond acceptors (Lipinski definition) is 1. The van der Waals surface area contributed by atoms with Crippen molar-refractivity contribution in [2.75, 3.05) is 13.1 Å². The number of allylic oxidation sites excluding steroid dienone is 1. The lowest BCUT2D eigenvalue weighted by Gasteiger charge is -2.45. The smallest absolute Gasteiger partial charge is 0.00451 e. The quantitative estimate of drug-likeness (QED) is 0.676. The molecule has 0 aliphatic heterocycles. The van der Waals surface area contributed by atoms with Crippen molar-refractivity contribution in [2.24, 2.45) is 5.41 Å². The SMILES string of the molecule is CCNCC1(C2=CCCCC2)CCC1. The van der Waals surface area contributed by atoms with Crippen LogP contribution in [0, 0.1) is 5.41 Å². The molecule has 14 heavy (non-hydrogen) atoms. The lowest BCUT2D eigenvalue weighted by Crippen LogP contribution is -2.41. The predicted octanol–water partition coefficient (Wildman–Crippen LogP) is 3.27. The molecule has 0 aromatic heterocycles. The molecule has 1 fully saturated rings. The van der Waals surface area contributed by atoms with Gasteiger partial charge in [-0.1, -0.05) is 25.0 Å². The van der Waals surface area contributed by atoms with Gasteiger partial charge in [0.2, 0.25) is 0 Å². The van der Waals surface area contributed by atoms with Gasteiger partial charge in [0.1, 0.15) is 0 Å². The molecule has 1 nitrogen and oxygen atoms in total. The molecule has 0 saturated heterocycles. The van der Waals surface area contributed by atoms with Crippen molar-refractivity contribution in [1.82, 2.24) is 5.32 Å². The van der Waals surface area contributed by atoms with Gasteiger partial charge in [-0.25, -0.2) is 0 Å². The van der Waals surface area contributed by atoms with Gasteiger partial charge in [-0.15, -0.1) is 0 Å². The van der Waals surface area contributed by atoms with Crippen molar-refractivity contribution in [3.8, 4) is 0 Å². The average Bonchev–Trinajstić information content (AvgIpc) is 2.18. The largest absolute Gasteiger partial charge is 0.316 e. The minimum absolute atomic E-state index is 0.594. The second kappa shape index (κ2) is 4.48. The van der Waals surface area contributed by atoms with Crippen molar-refractivity contribution in [3.05, 3.63) is 11.6 Å². The maximum Gasteiger partial charge on any atom is 0.00451 e. The Kier molecular flexibility index (Phi) is 3.27. The maximum atomic E-state index is 3.55. The van der Waals surface area contributed by atoms with Crippen molar-refractivity contribution in [3.63, 3.8) is 0 Å². The Morgan fingerprint density at radius 1 is 1.29 bits per heavy atom. The fourth-order valence-corrected chi connectivity index (χ4v) is 2.90. The highest BCUT2D eigenvalue weighted by atomic mass is 14.9. The molecule has 2 aliphatic carbocycles. The third-order valence-electron chi connectivity index (χ3n) is 4.00. The highest BCUT2D eigenvalue weighted by molar-refractivity contribution is 5.20. The number of rotatable bonds is 4. The van der Waals surface area contributed by atoms with Gasteiger partial charge in [0.15, 0.2) is 0 Å². The minimum Gasteiger partial charge on any atom is -0.316 e. The van der Waals surface area contributed by atoms with Crippen LogP contribution in [0.25, 0.3) is 0 Å². The summed E-state index contributed by atoms with van der Waals surface area (Å²) in [7, 11) is 0. The lowest BCUT2D eigenvalue weighted by atomic mass is 9.62. The zero-order valence-corrected chi connectivity index (χ0v) is 9.44. The molecule has 0 atom stereocenters.